The molecule has 0 amide bonds. The quantitative estimate of drug-likeness (QED) is 0.510. The van der Waals surface area contributed by atoms with E-state index in [-0.39, 0.29) is 34.8 Å². The fourth-order valence-corrected chi connectivity index (χ4v) is 3.90. The molecule has 0 bridgehead atoms. The number of aromatic nitrogens is 6. The highest BCUT2D eigenvalue weighted by Crippen LogP contribution is 2.24. The highest BCUT2D eigenvalue weighted by atomic mass is 32.2. The van der Waals surface area contributed by atoms with E-state index < -0.39 is 10.0 Å². The molecule has 0 saturated heterocycles. The molecule has 0 radical (unpaired) electrons. The molecule has 0 aliphatic heterocycles. The van der Waals surface area contributed by atoms with E-state index in [1.54, 1.807) is 12.1 Å². The molecule has 1 aromatic carbocycles. The smallest absolute Gasteiger partial charge is 0.285 e. The summed E-state index contributed by atoms with van der Waals surface area (Å²) in [4.78, 5) is 13.2. The van der Waals surface area contributed by atoms with Crippen molar-refractivity contribution in [2.24, 2.45) is 0 Å². The van der Waals surface area contributed by atoms with Gasteiger partial charge in [0.25, 0.3) is 16.0 Å². The van der Waals surface area contributed by atoms with Crippen LogP contribution in [0.15, 0.2) is 41.8 Å². The molecule has 3 rings (SSSR count). The van der Waals surface area contributed by atoms with Crippen molar-refractivity contribution in [3.8, 4) is 0 Å². The van der Waals surface area contributed by atoms with E-state index in [9.17, 15) is 8.42 Å². The molecule has 166 valence electrons. The minimum Gasteiger partial charge on any atom is -0.352 e. The first-order valence-corrected chi connectivity index (χ1v) is 11.4. The summed E-state index contributed by atoms with van der Waals surface area (Å²) < 4.78 is 29.3. The van der Waals surface area contributed by atoms with Crippen LogP contribution in [0, 0.1) is 6.92 Å². The second-order valence-corrected chi connectivity index (χ2v) is 9.21. The molecule has 11 nitrogen and oxygen atoms in total. The average molecular weight is 446 g/mol. The SMILES string of the molecule is CC[C@H](C)Nc1nc(NC(C)C)nc(N(n2cnnc2)S(=O)(=O)c2ccc(C)cc2)n1. The summed E-state index contributed by atoms with van der Waals surface area (Å²) in [5, 5.41) is 13.8. The minimum atomic E-state index is -4.08. The summed E-state index contributed by atoms with van der Waals surface area (Å²) in [6.45, 7) is 9.77. The van der Waals surface area contributed by atoms with E-state index in [0.717, 1.165) is 16.4 Å². The maximum atomic E-state index is 13.6. The van der Waals surface area contributed by atoms with Gasteiger partial charge in [-0.15, -0.1) is 14.6 Å². The molecule has 0 aliphatic carbocycles. The second kappa shape index (κ2) is 9.25. The molecule has 0 saturated carbocycles. The molecule has 12 heteroatoms. The monoisotopic (exact) mass is 445 g/mol. The van der Waals surface area contributed by atoms with E-state index >= 15 is 0 Å². The first-order valence-electron chi connectivity index (χ1n) is 9.96. The van der Waals surface area contributed by atoms with Crippen molar-refractivity contribution in [2.45, 2.75) is 58.0 Å². The molecule has 0 unspecified atom stereocenters. The van der Waals surface area contributed by atoms with Crippen LogP contribution >= 0.6 is 0 Å². The van der Waals surface area contributed by atoms with Crippen molar-refractivity contribution >= 4 is 27.9 Å². The van der Waals surface area contributed by atoms with E-state index in [1.807, 2.05) is 34.6 Å². The molecular weight excluding hydrogens is 418 g/mol. The molecule has 0 aliphatic rings. The number of nitrogens with zero attached hydrogens (tertiary/aromatic N) is 7. The maximum Gasteiger partial charge on any atom is 0.285 e. The van der Waals surface area contributed by atoms with Gasteiger partial charge in [0.15, 0.2) is 0 Å². The number of rotatable bonds is 9. The molecule has 31 heavy (non-hydrogen) atoms. The molecule has 2 N–H and O–H groups in total. The Hall–Kier alpha value is -3.28. The number of aryl methyl sites for hydroxylation is 1. The lowest BCUT2D eigenvalue weighted by molar-refractivity contribution is 0.581. The van der Waals surface area contributed by atoms with E-state index in [1.165, 1.54) is 29.5 Å². The molecular formula is C19H27N9O2S. The van der Waals surface area contributed by atoms with Gasteiger partial charge in [-0.25, -0.2) is 4.68 Å². The maximum absolute atomic E-state index is 13.6. The van der Waals surface area contributed by atoms with Crippen molar-refractivity contribution < 1.29 is 8.42 Å². The number of sulfonamides is 1. The molecule has 0 spiro atoms. The fourth-order valence-electron chi connectivity index (χ4n) is 2.59. The third kappa shape index (κ3) is 5.26. The summed E-state index contributed by atoms with van der Waals surface area (Å²) in [5.74, 6) is 0.423. The topological polar surface area (TPSA) is 131 Å². The molecule has 3 aromatic rings. The Kier molecular flexibility index (Phi) is 6.68. The van der Waals surface area contributed by atoms with Crippen LogP contribution in [-0.4, -0.2) is 50.3 Å². The Balaban J connectivity index is 2.17. The molecule has 2 heterocycles. The summed E-state index contributed by atoms with van der Waals surface area (Å²) in [7, 11) is -4.08. The summed E-state index contributed by atoms with van der Waals surface area (Å²) >= 11 is 0. The molecule has 1 atom stereocenters. The van der Waals surface area contributed by atoms with Crippen LogP contribution in [0.25, 0.3) is 0 Å². The Morgan fingerprint density at radius 1 is 0.968 bits per heavy atom. The highest BCUT2D eigenvalue weighted by molar-refractivity contribution is 7.92. The average Bonchev–Trinajstić information content (AvgIpc) is 3.21. The Bertz CT molecular complexity index is 1100. The van der Waals surface area contributed by atoms with Crippen molar-refractivity contribution in [1.29, 1.82) is 0 Å². The lowest BCUT2D eigenvalue weighted by Gasteiger charge is -2.23. The number of anilines is 3. The van der Waals surface area contributed by atoms with Gasteiger partial charge in [-0.05, 0) is 46.2 Å². The zero-order valence-corrected chi connectivity index (χ0v) is 19.0. The van der Waals surface area contributed by atoms with Gasteiger partial charge in [0.2, 0.25) is 11.9 Å². The standard InChI is InChI=1S/C19H27N9O2S/c1-6-15(5)23-18-24-17(22-13(2)3)25-19(26-18)28(27-11-20-21-12-27)31(29,30)16-9-7-14(4)8-10-16/h7-13,15H,6H2,1-5H3,(H2,22,23,24,25,26)/t15-/m0/s1. The lowest BCUT2D eigenvalue weighted by Crippen LogP contribution is -2.37. The second-order valence-electron chi connectivity index (χ2n) is 7.44. The van der Waals surface area contributed by atoms with E-state index in [2.05, 4.69) is 35.8 Å². The number of hydrogen-bond acceptors (Lipinski definition) is 9. The van der Waals surface area contributed by atoms with Gasteiger partial charge in [-0.2, -0.15) is 23.4 Å². The van der Waals surface area contributed by atoms with Crippen LogP contribution < -0.4 is 15.0 Å². The first-order chi connectivity index (χ1) is 14.7. The van der Waals surface area contributed by atoms with Crippen LogP contribution in [0.1, 0.15) is 39.7 Å². The Labute approximate surface area is 182 Å². The Morgan fingerprint density at radius 3 is 2.10 bits per heavy atom. The number of nitrogens with one attached hydrogen (secondary N) is 2. The van der Waals surface area contributed by atoms with E-state index in [0.29, 0.717) is 0 Å². The third-order valence-electron chi connectivity index (χ3n) is 4.36. The third-order valence-corrected chi connectivity index (χ3v) is 6.04. The van der Waals surface area contributed by atoms with Crippen LogP contribution in [0.2, 0.25) is 0 Å². The van der Waals surface area contributed by atoms with Crippen LogP contribution in [0.5, 0.6) is 0 Å². The van der Waals surface area contributed by atoms with Gasteiger partial charge < -0.3 is 10.6 Å². The van der Waals surface area contributed by atoms with Gasteiger partial charge in [0, 0.05) is 12.1 Å². The zero-order chi connectivity index (χ0) is 22.6. The zero-order valence-electron chi connectivity index (χ0n) is 18.2. The number of hydrogen-bond donors (Lipinski definition) is 2. The summed E-state index contributed by atoms with van der Waals surface area (Å²) in [6, 6.07) is 6.64. The lowest BCUT2D eigenvalue weighted by atomic mass is 10.2. The number of benzene rings is 1. The van der Waals surface area contributed by atoms with Gasteiger partial charge in [0.05, 0.1) is 4.90 Å². The van der Waals surface area contributed by atoms with Crippen molar-refractivity contribution in [3.63, 3.8) is 0 Å². The van der Waals surface area contributed by atoms with Crippen molar-refractivity contribution in [1.82, 2.24) is 29.8 Å². The van der Waals surface area contributed by atoms with Crippen molar-refractivity contribution in [3.05, 3.63) is 42.5 Å². The normalized spacial score (nSPS) is 12.6. The minimum absolute atomic E-state index is 0.0313. The molecule has 0 fully saturated rings. The van der Waals surface area contributed by atoms with Crippen LogP contribution in [0.3, 0.4) is 0 Å². The predicted molar refractivity (Wildman–Crippen MR) is 118 cm³/mol. The van der Waals surface area contributed by atoms with Gasteiger partial charge in [-0.1, -0.05) is 24.6 Å². The van der Waals surface area contributed by atoms with E-state index in [4.69, 9.17) is 0 Å². The summed E-state index contributed by atoms with van der Waals surface area (Å²) in [5.41, 5.74) is 0.943. The largest absolute Gasteiger partial charge is 0.352 e. The fraction of sp³-hybridized carbons (Fsp3) is 0.421. The van der Waals surface area contributed by atoms with Crippen molar-refractivity contribution in [2.75, 3.05) is 15.0 Å². The van der Waals surface area contributed by atoms with Gasteiger partial charge >= 0.3 is 0 Å². The Morgan fingerprint density at radius 2 is 1.55 bits per heavy atom. The van der Waals surface area contributed by atoms with Gasteiger partial charge in [0.1, 0.15) is 12.7 Å². The highest BCUT2D eigenvalue weighted by Gasteiger charge is 2.30. The molecule has 2 aromatic heterocycles. The van der Waals surface area contributed by atoms with Crippen LogP contribution in [0.4, 0.5) is 17.8 Å². The summed E-state index contributed by atoms with van der Waals surface area (Å²) in [6.07, 6.45) is 3.38. The first kappa shape index (κ1) is 22.4. The van der Waals surface area contributed by atoms with Gasteiger partial charge in [-0.3, -0.25) is 0 Å². The van der Waals surface area contributed by atoms with Crippen LogP contribution in [-0.2, 0) is 10.0 Å². The predicted octanol–water partition coefficient (Wildman–Crippen LogP) is 2.46.